The van der Waals surface area contributed by atoms with Crippen molar-refractivity contribution in [2.24, 2.45) is 5.73 Å². The maximum atomic E-state index is 5.72. The molecule has 1 heterocycles. The maximum Gasteiger partial charge on any atom is 0.0411 e. The Morgan fingerprint density at radius 2 is 2.33 bits per heavy atom. The molecule has 1 saturated heterocycles. The average Bonchev–Trinajstić information content (AvgIpc) is 2.41. The van der Waals surface area contributed by atoms with Crippen LogP contribution in [0.15, 0.2) is 22.7 Å². The predicted octanol–water partition coefficient (Wildman–Crippen LogP) is 3.28. The molecule has 1 aromatic rings. The Kier molecular flexibility index (Phi) is 5.39. The SMILES string of the molecule is CCC1CN(c2cc(Br)ccc2CCN)CCS1. The number of rotatable bonds is 4. The van der Waals surface area contributed by atoms with Gasteiger partial charge in [0.05, 0.1) is 0 Å². The van der Waals surface area contributed by atoms with Crippen molar-refractivity contribution in [2.45, 2.75) is 25.0 Å². The molecule has 1 aliphatic heterocycles. The van der Waals surface area contributed by atoms with Crippen molar-refractivity contribution in [1.29, 1.82) is 0 Å². The zero-order valence-corrected chi connectivity index (χ0v) is 13.3. The summed E-state index contributed by atoms with van der Waals surface area (Å²) in [5.74, 6) is 1.23. The molecule has 2 N–H and O–H groups in total. The van der Waals surface area contributed by atoms with Crippen LogP contribution in [0.4, 0.5) is 5.69 Å². The standard InChI is InChI=1S/C14H21BrN2S/c1-2-13-10-17(7-8-18-13)14-9-12(15)4-3-11(14)5-6-16/h3-4,9,13H,2,5-8,10,16H2,1H3. The summed E-state index contributed by atoms with van der Waals surface area (Å²) in [7, 11) is 0. The van der Waals surface area contributed by atoms with Crippen molar-refractivity contribution in [3.8, 4) is 0 Å². The van der Waals surface area contributed by atoms with Crippen LogP contribution in [0.1, 0.15) is 18.9 Å². The number of benzene rings is 1. The molecule has 1 unspecified atom stereocenters. The summed E-state index contributed by atoms with van der Waals surface area (Å²) in [6, 6.07) is 6.56. The van der Waals surface area contributed by atoms with E-state index in [9.17, 15) is 0 Å². The molecular weight excluding hydrogens is 308 g/mol. The van der Waals surface area contributed by atoms with Gasteiger partial charge in [-0.2, -0.15) is 11.8 Å². The molecule has 18 heavy (non-hydrogen) atoms. The van der Waals surface area contributed by atoms with Crippen molar-refractivity contribution in [2.75, 3.05) is 30.3 Å². The third kappa shape index (κ3) is 3.43. The van der Waals surface area contributed by atoms with Crippen LogP contribution >= 0.6 is 27.7 Å². The number of nitrogens with zero attached hydrogens (tertiary/aromatic N) is 1. The van der Waals surface area contributed by atoms with E-state index in [1.807, 2.05) is 0 Å². The third-order valence-electron chi connectivity index (χ3n) is 3.40. The van der Waals surface area contributed by atoms with Crippen LogP contribution in [0.25, 0.3) is 0 Å². The topological polar surface area (TPSA) is 29.3 Å². The smallest absolute Gasteiger partial charge is 0.0411 e. The van der Waals surface area contributed by atoms with E-state index in [-0.39, 0.29) is 0 Å². The Morgan fingerprint density at radius 3 is 3.06 bits per heavy atom. The van der Waals surface area contributed by atoms with Crippen molar-refractivity contribution in [3.63, 3.8) is 0 Å². The first-order valence-electron chi connectivity index (χ1n) is 6.59. The lowest BCUT2D eigenvalue weighted by Gasteiger charge is -2.35. The van der Waals surface area contributed by atoms with Crippen LogP contribution in [-0.4, -0.2) is 30.6 Å². The molecule has 0 saturated carbocycles. The predicted molar refractivity (Wildman–Crippen MR) is 85.7 cm³/mol. The number of halogens is 1. The molecule has 0 bridgehead atoms. The van der Waals surface area contributed by atoms with Gasteiger partial charge in [-0.3, -0.25) is 0 Å². The molecule has 4 heteroatoms. The van der Waals surface area contributed by atoms with Gasteiger partial charge in [0.25, 0.3) is 0 Å². The highest BCUT2D eigenvalue weighted by Crippen LogP contribution is 2.30. The highest BCUT2D eigenvalue weighted by molar-refractivity contribution is 9.10. The minimum Gasteiger partial charge on any atom is -0.369 e. The Morgan fingerprint density at radius 1 is 1.50 bits per heavy atom. The Balaban J connectivity index is 2.22. The molecule has 100 valence electrons. The van der Waals surface area contributed by atoms with Gasteiger partial charge >= 0.3 is 0 Å². The Labute approximate surface area is 122 Å². The summed E-state index contributed by atoms with van der Waals surface area (Å²) < 4.78 is 1.16. The zero-order chi connectivity index (χ0) is 13.0. The lowest BCUT2D eigenvalue weighted by molar-refractivity contribution is 0.724. The number of thioether (sulfide) groups is 1. The summed E-state index contributed by atoms with van der Waals surface area (Å²) in [5.41, 5.74) is 8.46. The van der Waals surface area contributed by atoms with E-state index < -0.39 is 0 Å². The fraction of sp³-hybridized carbons (Fsp3) is 0.571. The van der Waals surface area contributed by atoms with Crippen LogP contribution in [0.3, 0.4) is 0 Å². The van der Waals surface area contributed by atoms with Gasteiger partial charge in [-0.05, 0) is 37.1 Å². The van der Waals surface area contributed by atoms with Gasteiger partial charge in [-0.15, -0.1) is 0 Å². The summed E-state index contributed by atoms with van der Waals surface area (Å²) in [4.78, 5) is 2.53. The molecule has 0 radical (unpaired) electrons. The van der Waals surface area contributed by atoms with Gasteiger partial charge < -0.3 is 10.6 Å². The first-order valence-corrected chi connectivity index (χ1v) is 8.43. The fourth-order valence-corrected chi connectivity index (χ4v) is 3.91. The molecule has 0 spiro atoms. The van der Waals surface area contributed by atoms with Crippen molar-refractivity contribution in [3.05, 3.63) is 28.2 Å². The zero-order valence-electron chi connectivity index (χ0n) is 10.9. The van der Waals surface area contributed by atoms with Gasteiger partial charge in [0.15, 0.2) is 0 Å². The molecule has 1 aromatic carbocycles. The van der Waals surface area contributed by atoms with Gasteiger partial charge in [0.2, 0.25) is 0 Å². The highest BCUT2D eigenvalue weighted by atomic mass is 79.9. The van der Waals surface area contributed by atoms with Crippen molar-refractivity contribution in [1.82, 2.24) is 0 Å². The van der Waals surface area contributed by atoms with E-state index in [1.54, 1.807) is 0 Å². The largest absolute Gasteiger partial charge is 0.369 e. The van der Waals surface area contributed by atoms with Crippen molar-refractivity contribution < 1.29 is 0 Å². The normalized spacial score (nSPS) is 20.2. The van der Waals surface area contributed by atoms with Gasteiger partial charge in [0, 0.05) is 34.3 Å². The molecule has 2 nitrogen and oxygen atoms in total. The summed E-state index contributed by atoms with van der Waals surface area (Å²) in [6.45, 7) is 5.31. The molecule has 0 amide bonds. The van der Waals surface area contributed by atoms with Gasteiger partial charge in [-0.25, -0.2) is 0 Å². The Hall–Kier alpha value is -0.190. The lowest BCUT2D eigenvalue weighted by atomic mass is 10.1. The number of hydrogen-bond donors (Lipinski definition) is 1. The molecule has 1 aliphatic rings. The monoisotopic (exact) mass is 328 g/mol. The van der Waals surface area contributed by atoms with Gasteiger partial charge in [-0.1, -0.05) is 28.9 Å². The first-order chi connectivity index (χ1) is 8.74. The van der Waals surface area contributed by atoms with E-state index in [0.29, 0.717) is 6.54 Å². The quantitative estimate of drug-likeness (QED) is 0.919. The minimum atomic E-state index is 0.717. The molecule has 2 rings (SSSR count). The molecule has 1 fully saturated rings. The van der Waals surface area contributed by atoms with Gasteiger partial charge in [0.1, 0.15) is 0 Å². The Bertz CT molecular complexity index is 397. The van der Waals surface area contributed by atoms with E-state index in [0.717, 1.165) is 29.2 Å². The molecule has 0 aromatic heterocycles. The summed E-state index contributed by atoms with van der Waals surface area (Å²) >= 11 is 5.69. The van der Waals surface area contributed by atoms with E-state index in [4.69, 9.17) is 5.73 Å². The lowest BCUT2D eigenvalue weighted by Crippen LogP contribution is -2.38. The second kappa shape index (κ2) is 6.83. The van der Waals surface area contributed by atoms with Crippen molar-refractivity contribution >= 4 is 33.4 Å². The minimum absolute atomic E-state index is 0.717. The summed E-state index contributed by atoms with van der Waals surface area (Å²) in [6.07, 6.45) is 2.21. The number of anilines is 1. The average molecular weight is 329 g/mol. The van der Waals surface area contributed by atoms with Crippen LogP contribution in [0.2, 0.25) is 0 Å². The van der Waals surface area contributed by atoms with Crippen LogP contribution < -0.4 is 10.6 Å². The number of hydrogen-bond acceptors (Lipinski definition) is 3. The van der Waals surface area contributed by atoms with Crippen LogP contribution in [0.5, 0.6) is 0 Å². The highest BCUT2D eigenvalue weighted by Gasteiger charge is 2.20. The second-order valence-corrected chi connectivity index (χ2v) is 6.98. The summed E-state index contributed by atoms with van der Waals surface area (Å²) in [5, 5.41) is 0.767. The second-order valence-electron chi connectivity index (χ2n) is 4.66. The fourth-order valence-electron chi connectivity index (χ4n) is 2.38. The van der Waals surface area contributed by atoms with E-state index >= 15 is 0 Å². The number of nitrogens with two attached hydrogens (primary N) is 1. The maximum absolute atomic E-state index is 5.72. The van der Waals surface area contributed by atoms with Crippen LogP contribution in [0, 0.1) is 0 Å². The first kappa shape index (κ1) is 14.2. The van der Waals surface area contributed by atoms with E-state index in [1.165, 1.54) is 23.4 Å². The molecule has 0 aliphatic carbocycles. The van der Waals surface area contributed by atoms with Crippen LogP contribution in [-0.2, 0) is 6.42 Å². The molecular formula is C14H21BrN2S. The molecule has 1 atom stereocenters. The van der Waals surface area contributed by atoms with E-state index in [2.05, 4.69) is 57.7 Å². The third-order valence-corrected chi connectivity index (χ3v) is 5.26.